The van der Waals surface area contributed by atoms with Crippen LogP contribution in [0.5, 0.6) is 0 Å². The molecule has 0 unspecified atom stereocenters. The lowest BCUT2D eigenvalue weighted by Gasteiger charge is -2.33. The largest absolute Gasteiger partial charge is 0.478 e. The van der Waals surface area contributed by atoms with Gasteiger partial charge in [0.05, 0.1) is 18.1 Å². The summed E-state index contributed by atoms with van der Waals surface area (Å²) < 4.78 is 0. The number of nitrogens with one attached hydrogen (secondary N) is 1. The van der Waals surface area contributed by atoms with E-state index in [1.54, 1.807) is 12.4 Å². The molecule has 0 radical (unpaired) electrons. The van der Waals surface area contributed by atoms with Crippen molar-refractivity contribution in [2.24, 2.45) is 0 Å². The van der Waals surface area contributed by atoms with Gasteiger partial charge in [0, 0.05) is 25.2 Å². The van der Waals surface area contributed by atoms with Crippen molar-refractivity contribution in [2.45, 2.75) is 32.4 Å². The summed E-state index contributed by atoms with van der Waals surface area (Å²) in [5.74, 6) is -0.274. The minimum absolute atomic E-state index is 0.337. The van der Waals surface area contributed by atoms with E-state index in [4.69, 9.17) is 5.11 Å². The summed E-state index contributed by atoms with van der Waals surface area (Å²) in [6.45, 7) is 5.14. The van der Waals surface area contributed by atoms with E-state index in [9.17, 15) is 4.79 Å². The average molecular weight is 352 g/mol. The molecule has 0 aliphatic carbocycles. The quantitative estimate of drug-likeness (QED) is 0.778. The van der Waals surface area contributed by atoms with Gasteiger partial charge in [-0.1, -0.05) is 29.8 Å². The monoisotopic (exact) mass is 352 g/mol. The molecular weight excluding hydrogens is 328 g/mol. The first-order chi connectivity index (χ1) is 12.6. The minimum Gasteiger partial charge on any atom is -0.478 e. The third-order valence-corrected chi connectivity index (χ3v) is 4.45. The number of aromatic nitrogens is 2. The zero-order valence-corrected chi connectivity index (χ0v) is 14.9. The Balaban J connectivity index is 1.54. The van der Waals surface area contributed by atoms with Crippen LogP contribution < -0.4 is 5.32 Å². The van der Waals surface area contributed by atoms with Gasteiger partial charge < -0.3 is 10.4 Å². The molecule has 0 saturated carbocycles. The van der Waals surface area contributed by atoms with Gasteiger partial charge in [-0.2, -0.15) is 0 Å². The summed E-state index contributed by atoms with van der Waals surface area (Å²) >= 11 is 0. The predicted octanol–water partition coefficient (Wildman–Crippen LogP) is 2.96. The summed E-state index contributed by atoms with van der Waals surface area (Å²) in [5, 5.41) is 12.1. The Morgan fingerprint density at radius 1 is 1.31 bits per heavy atom. The summed E-state index contributed by atoms with van der Waals surface area (Å²) in [6, 6.07) is 9.04. The number of carboxylic acids is 1. The molecule has 2 heterocycles. The number of nitrogens with zero attached hydrogens (tertiary/aromatic N) is 3. The van der Waals surface area contributed by atoms with Crippen LogP contribution in [0, 0.1) is 6.92 Å². The fourth-order valence-electron chi connectivity index (χ4n) is 3.13. The highest BCUT2D eigenvalue weighted by molar-refractivity contribution is 5.84. The number of aliphatic carboxylic acids is 1. The van der Waals surface area contributed by atoms with E-state index in [0.717, 1.165) is 44.4 Å². The normalized spacial score (nSPS) is 18.1. The Morgan fingerprint density at radius 2 is 2.12 bits per heavy atom. The van der Waals surface area contributed by atoms with Crippen molar-refractivity contribution in [3.63, 3.8) is 0 Å². The maximum Gasteiger partial charge on any atom is 0.328 e. The van der Waals surface area contributed by atoms with E-state index in [2.05, 4.69) is 51.4 Å². The van der Waals surface area contributed by atoms with Crippen molar-refractivity contribution in [3.8, 4) is 0 Å². The van der Waals surface area contributed by atoms with E-state index in [1.807, 2.05) is 0 Å². The molecule has 1 fully saturated rings. The summed E-state index contributed by atoms with van der Waals surface area (Å²) in [5.41, 5.74) is 3.15. The Hall–Kier alpha value is -2.73. The second-order valence-electron chi connectivity index (χ2n) is 6.70. The van der Waals surface area contributed by atoms with Crippen LogP contribution in [-0.2, 0) is 11.3 Å². The molecule has 3 rings (SSSR count). The highest BCUT2D eigenvalue weighted by atomic mass is 16.4. The number of likely N-dealkylation sites (tertiary alicyclic amines) is 1. The lowest BCUT2D eigenvalue weighted by Crippen LogP contribution is -2.41. The van der Waals surface area contributed by atoms with Gasteiger partial charge in [0.25, 0.3) is 0 Å². The number of carboxylic acid groups (broad SMARTS) is 1. The fourth-order valence-corrected chi connectivity index (χ4v) is 3.13. The molecule has 0 spiro atoms. The molecule has 1 aromatic carbocycles. The summed E-state index contributed by atoms with van der Waals surface area (Å²) in [7, 11) is 0. The minimum atomic E-state index is -0.995. The van der Waals surface area contributed by atoms with Crippen LogP contribution in [0.2, 0.25) is 0 Å². The van der Waals surface area contributed by atoms with Gasteiger partial charge in [0.15, 0.2) is 0 Å². The molecule has 1 atom stereocenters. The van der Waals surface area contributed by atoms with Crippen molar-refractivity contribution in [1.29, 1.82) is 0 Å². The van der Waals surface area contributed by atoms with Crippen molar-refractivity contribution in [2.75, 3.05) is 18.4 Å². The molecule has 26 heavy (non-hydrogen) atoms. The van der Waals surface area contributed by atoms with Gasteiger partial charge in [-0.3, -0.25) is 9.88 Å². The van der Waals surface area contributed by atoms with E-state index < -0.39 is 5.97 Å². The zero-order chi connectivity index (χ0) is 18.4. The average Bonchev–Trinajstić information content (AvgIpc) is 2.63. The lowest BCUT2D eigenvalue weighted by molar-refractivity contribution is -0.131. The first-order valence-corrected chi connectivity index (χ1v) is 8.86. The number of piperidine rings is 1. The molecule has 0 bridgehead atoms. The Labute approximate surface area is 153 Å². The maximum absolute atomic E-state index is 10.5. The third kappa shape index (κ3) is 5.39. The fraction of sp³-hybridized carbons (Fsp3) is 0.350. The van der Waals surface area contributed by atoms with Crippen LogP contribution in [0.3, 0.4) is 0 Å². The summed E-state index contributed by atoms with van der Waals surface area (Å²) in [6.07, 6.45) is 7.97. The third-order valence-electron chi connectivity index (χ3n) is 4.45. The highest BCUT2D eigenvalue weighted by Gasteiger charge is 2.20. The number of hydrogen-bond acceptors (Lipinski definition) is 5. The lowest BCUT2D eigenvalue weighted by atomic mass is 10.0. The predicted molar refractivity (Wildman–Crippen MR) is 102 cm³/mol. The first-order valence-electron chi connectivity index (χ1n) is 8.86. The second-order valence-corrected chi connectivity index (χ2v) is 6.70. The van der Waals surface area contributed by atoms with Gasteiger partial charge >= 0.3 is 5.97 Å². The van der Waals surface area contributed by atoms with Crippen LogP contribution in [0.1, 0.15) is 29.7 Å². The molecule has 2 aromatic rings. The van der Waals surface area contributed by atoms with E-state index >= 15 is 0 Å². The highest BCUT2D eigenvalue weighted by Crippen LogP contribution is 2.17. The number of carbonyl (C=O) groups is 1. The Kier molecular flexibility index (Phi) is 5.96. The molecule has 136 valence electrons. The van der Waals surface area contributed by atoms with Crippen LogP contribution in [0.4, 0.5) is 5.82 Å². The molecular formula is C20H24N4O2. The van der Waals surface area contributed by atoms with Crippen LogP contribution in [0.25, 0.3) is 6.08 Å². The molecule has 2 N–H and O–H groups in total. The molecule has 1 aliphatic heterocycles. The van der Waals surface area contributed by atoms with Gasteiger partial charge in [0.2, 0.25) is 0 Å². The van der Waals surface area contributed by atoms with Gasteiger partial charge in [0.1, 0.15) is 5.82 Å². The topological polar surface area (TPSA) is 78.4 Å². The number of rotatable bonds is 6. The zero-order valence-electron chi connectivity index (χ0n) is 14.9. The SMILES string of the molecule is Cc1ccc(CN2CCC[C@@H](Nc3cnc(C=CC(=O)O)cn3)C2)cc1. The Bertz CT molecular complexity index is 756. The van der Waals surface area contributed by atoms with Gasteiger partial charge in [-0.05, 0) is 37.9 Å². The number of benzene rings is 1. The van der Waals surface area contributed by atoms with Crippen LogP contribution >= 0.6 is 0 Å². The van der Waals surface area contributed by atoms with Gasteiger partial charge in [-0.25, -0.2) is 9.78 Å². The molecule has 1 aromatic heterocycles. The number of aryl methyl sites for hydroxylation is 1. The number of hydrogen-bond donors (Lipinski definition) is 2. The maximum atomic E-state index is 10.5. The number of anilines is 1. The van der Waals surface area contributed by atoms with Crippen molar-refractivity contribution < 1.29 is 9.90 Å². The van der Waals surface area contributed by atoms with Crippen molar-refractivity contribution in [1.82, 2.24) is 14.9 Å². The van der Waals surface area contributed by atoms with Crippen molar-refractivity contribution in [3.05, 3.63) is 59.6 Å². The van der Waals surface area contributed by atoms with E-state index in [-0.39, 0.29) is 0 Å². The van der Waals surface area contributed by atoms with E-state index in [1.165, 1.54) is 17.2 Å². The second kappa shape index (κ2) is 8.58. The van der Waals surface area contributed by atoms with Crippen LogP contribution in [0.15, 0.2) is 42.7 Å². The standard InChI is InChI=1S/C20H24N4O2/c1-15-4-6-16(7-5-15)13-24-10-2-3-18(14-24)23-19-12-21-17(11-22-19)8-9-20(25)26/h4-9,11-12,18H,2-3,10,13-14H2,1H3,(H,22,23)(H,25,26)/t18-/m1/s1. The molecule has 1 saturated heterocycles. The first kappa shape index (κ1) is 18.1. The van der Waals surface area contributed by atoms with Crippen molar-refractivity contribution >= 4 is 17.9 Å². The van der Waals surface area contributed by atoms with E-state index in [0.29, 0.717) is 11.7 Å². The molecule has 6 heteroatoms. The molecule has 0 amide bonds. The van der Waals surface area contributed by atoms with Gasteiger partial charge in [-0.15, -0.1) is 0 Å². The molecule has 1 aliphatic rings. The Morgan fingerprint density at radius 3 is 2.81 bits per heavy atom. The molecule has 6 nitrogen and oxygen atoms in total. The summed E-state index contributed by atoms with van der Waals surface area (Å²) in [4.78, 5) is 21.5. The smallest absolute Gasteiger partial charge is 0.328 e. The van der Waals surface area contributed by atoms with Crippen LogP contribution in [-0.4, -0.2) is 45.1 Å².